The Kier molecular flexibility index (Phi) is 4.35. The molecule has 1 fully saturated rings. The molecule has 2 atom stereocenters. The fourth-order valence-corrected chi connectivity index (χ4v) is 3.57. The maximum Gasteiger partial charge on any atom is 0.165 e. The predicted octanol–water partition coefficient (Wildman–Crippen LogP) is 2.65. The molecule has 4 rings (SSSR count). The van der Waals surface area contributed by atoms with E-state index in [-0.39, 0.29) is 6.04 Å². The summed E-state index contributed by atoms with van der Waals surface area (Å²) in [5.41, 5.74) is 8.27. The molecular weight excluding hydrogens is 328 g/mol. The van der Waals surface area contributed by atoms with Gasteiger partial charge in [-0.3, -0.25) is 4.98 Å². The third-order valence-corrected chi connectivity index (χ3v) is 4.89. The molecule has 1 aliphatic carbocycles. The molecule has 3 N–H and O–H groups in total. The summed E-state index contributed by atoms with van der Waals surface area (Å²) in [5.74, 6) is 1.65. The number of nitrogens with two attached hydrogens (primary N) is 1. The molecule has 1 aliphatic rings. The van der Waals surface area contributed by atoms with Crippen LogP contribution in [-0.4, -0.2) is 30.6 Å². The molecule has 8 heteroatoms. The van der Waals surface area contributed by atoms with E-state index in [1.54, 1.807) is 35.5 Å². The van der Waals surface area contributed by atoms with Crippen molar-refractivity contribution >= 4 is 17.0 Å². The zero-order chi connectivity index (χ0) is 17.9. The second-order valence-corrected chi connectivity index (χ2v) is 6.70. The minimum Gasteiger partial charge on any atom is -0.394 e. The zero-order valence-electron chi connectivity index (χ0n) is 14.3. The molecule has 0 aliphatic heterocycles. The number of aromatic nitrogens is 5. The van der Waals surface area contributed by atoms with Crippen LogP contribution in [0.4, 0.5) is 11.5 Å². The Morgan fingerprint density at radius 1 is 1.31 bits per heavy atom. The van der Waals surface area contributed by atoms with Crippen LogP contribution in [0.2, 0.25) is 0 Å². The number of nitrogens with one attached hydrogen (secondary N) is 1. The van der Waals surface area contributed by atoms with E-state index in [1.807, 2.05) is 0 Å². The first-order valence-electron chi connectivity index (χ1n) is 8.78. The second kappa shape index (κ2) is 6.96. The summed E-state index contributed by atoms with van der Waals surface area (Å²) in [6.07, 6.45) is 13.4. The first-order valence-corrected chi connectivity index (χ1v) is 8.78. The van der Waals surface area contributed by atoms with Gasteiger partial charge in [0.1, 0.15) is 0 Å². The van der Waals surface area contributed by atoms with E-state index < -0.39 is 0 Å². The van der Waals surface area contributed by atoms with Crippen molar-refractivity contribution in [1.82, 2.24) is 24.6 Å². The van der Waals surface area contributed by atoms with Crippen molar-refractivity contribution in [2.24, 2.45) is 5.92 Å². The summed E-state index contributed by atoms with van der Waals surface area (Å²) in [6.45, 7) is 0. The van der Waals surface area contributed by atoms with Crippen LogP contribution in [-0.2, 0) is 0 Å². The largest absolute Gasteiger partial charge is 0.394 e. The van der Waals surface area contributed by atoms with Gasteiger partial charge in [0.15, 0.2) is 11.6 Å². The van der Waals surface area contributed by atoms with E-state index >= 15 is 0 Å². The number of nitriles is 1. The highest BCUT2D eigenvalue weighted by Gasteiger charge is 2.23. The number of anilines is 2. The highest BCUT2D eigenvalue weighted by Crippen LogP contribution is 2.30. The van der Waals surface area contributed by atoms with E-state index in [9.17, 15) is 0 Å². The molecule has 3 aromatic rings. The average molecular weight is 348 g/mol. The maximum atomic E-state index is 8.94. The number of nitrogens with zero attached hydrogens (tertiary/aromatic N) is 6. The van der Waals surface area contributed by atoms with Gasteiger partial charge in [-0.05, 0) is 25.2 Å². The van der Waals surface area contributed by atoms with E-state index in [4.69, 9.17) is 11.0 Å². The zero-order valence-corrected chi connectivity index (χ0v) is 14.3. The van der Waals surface area contributed by atoms with Crippen molar-refractivity contribution in [1.29, 1.82) is 5.26 Å². The van der Waals surface area contributed by atoms with Gasteiger partial charge in [0.05, 0.1) is 41.4 Å². The third kappa shape index (κ3) is 3.16. The highest BCUT2D eigenvalue weighted by molar-refractivity contribution is 5.76. The van der Waals surface area contributed by atoms with E-state index in [2.05, 4.69) is 31.4 Å². The molecule has 2 unspecified atom stereocenters. The molecule has 0 amide bonds. The minimum absolute atomic E-state index is 0.276. The van der Waals surface area contributed by atoms with Crippen LogP contribution in [0.5, 0.6) is 0 Å². The third-order valence-electron chi connectivity index (χ3n) is 4.89. The van der Waals surface area contributed by atoms with Crippen LogP contribution < -0.4 is 11.1 Å². The molecule has 8 nitrogen and oxygen atoms in total. The normalized spacial score (nSPS) is 20.0. The van der Waals surface area contributed by atoms with Crippen molar-refractivity contribution in [2.45, 2.75) is 38.1 Å². The van der Waals surface area contributed by atoms with E-state index in [1.165, 1.54) is 0 Å². The van der Waals surface area contributed by atoms with Crippen molar-refractivity contribution in [3.8, 4) is 17.5 Å². The van der Waals surface area contributed by atoms with Gasteiger partial charge in [-0.1, -0.05) is 6.42 Å². The van der Waals surface area contributed by atoms with Gasteiger partial charge in [0.2, 0.25) is 0 Å². The fraction of sp³-hybridized carbons (Fsp3) is 0.389. The monoisotopic (exact) mass is 348 g/mol. The van der Waals surface area contributed by atoms with Crippen molar-refractivity contribution in [3.05, 3.63) is 31.0 Å². The Morgan fingerprint density at radius 3 is 3.12 bits per heavy atom. The van der Waals surface area contributed by atoms with E-state index in [0.717, 1.165) is 36.8 Å². The Hall–Kier alpha value is -3.21. The molecule has 0 bridgehead atoms. The highest BCUT2D eigenvalue weighted by atomic mass is 15.2. The van der Waals surface area contributed by atoms with Crippen LogP contribution in [0.15, 0.2) is 31.0 Å². The molecule has 0 aromatic carbocycles. The van der Waals surface area contributed by atoms with Gasteiger partial charge in [-0.15, -0.1) is 0 Å². The van der Waals surface area contributed by atoms with Crippen molar-refractivity contribution < 1.29 is 0 Å². The average Bonchev–Trinajstić information content (AvgIpc) is 3.08. The lowest BCUT2D eigenvalue weighted by Gasteiger charge is -2.29. The molecule has 0 spiro atoms. The van der Waals surface area contributed by atoms with Gasteiger partial charge < -0.3 is 11.1 Å². The summed E-state index contributed by atoms with van der Waals surface area (Å²) < 4.78 is 1.74. The molecule has 1 saturated carbocycles. The van der Waals surface area contributed by atoms with E-state index in [0.29, 0.717) is 29.7 Å². The lowest BCUT2D eigenvalue weighted by molar-refractivity contribution is 0.339. The summed E-state index contributed by atoms with van der Waals surface area (Å²) in [6, 6.07) is 2.56. The first kappa shape index (κ1) is 16.3. The SMILES string of the molecule is N#CCC1CCCC(Nc2nc(-c3cnn4ccncc34)ncc2N)C1. The molecule has 26 heavy (non-hydrogen) atoms. The van der Waals surface area contributed by atoms with Crippen molar-refractivity contribution in [3.63, 3.8) is 0 Å². The molecule has 3 heterocycles. The smallest absolute Gasteiger partial charge is 0.165 e. The van der Waals surface area contributed by atoms with Crippen molar-refractivity contribution in [2.75, 3.05) is 11.1 Å². The molecule has 0 radical (unpaired) electrons. The fourth-order valence-electron chi connectivity index (χ4n) is 3.57. The summed E-state index contributed by atoms with van der Waals surface area (Å²) >= 11 is 0. The Labute approximate surface area is 151 Å². The maximum absolute atomic E-state index is 8.94. The van der Waals surface area contributed by atoms with Crippen LogP contribution in [0.1, 0.15) is 32.1 Å². The number of rotatable bonds is 4. The number of hydrogen-bond donors (Lipinski definition) is 2. The molecule has 132 valence electrons. The Bertz CT molecular complexity index is 957. The van der Waals surface area contributed by atoms with Gasteiger partial charge in [0.25, 0.3) is 0 Å². The quantitative estimate of drug-likeness (QED) is 0.744. The van der Waals surface area contributed by atoms with Crippen LogP contribution in [0, 0.1) is 17.2 Å². The Balaban J connectivity index is 1.60. The van der Waals surface area contributed by atoms with Gasteiger partial charge >= 0.3 is 0 Å². The standard InChI is InChI=1S/C18H20N8/c19-5-4-12-2-1-3-13(8-12)24-18-15(20)10-22-17(25-18)14-9-23-26-7-6-21-11-16(14)26/h6-7,9-13H,1-4,8,20H2,(H,22,24,25). The van der Waals surface area contributed by atoms with Crippen LogP contribution in [0.3, 0.4) is 0 Å². The number of nitrogen functional groups attached to an aromatic ring is 1. The topological polar surface area (TPSA) is 118 Å². The summed E-state index contributed by atoms with van der Waals surface area (Å²) in [7, 11) is 0. The van der Waals surface area contributed by atoms with Crippen LogP contribution >= 0.6 is 0 Å². The lowest BCUT2D eigenvalue weighted by atomic mass is 9.84. The molecule has 0 saturated heterocycles. The summed E-state index contributed by atoms with van der Waals surface area (Å²) in [4.78, 5) is 13.2. The van der Waals surface area contributed by atoms with Gasteiger partial charge in [0, 0.05) is 24.9 Å². The minimum atomic E-state index is 0.276. The van der Waals surface area contributed by atoms with Gasteiger partial charge in [-0.2, -0.15) is 10.4 Å². The first-order chi connectivity index (χ1) is 12.7. The second-order valence-electron chi connectivity index (χ2n) is 6.70. The Morgan fingerprint density at radius 2 is 2.23 bits per heavy atom. The number of fused-ring (bicyclic) bond motifs is 1. The summed E-state index contributed by atoms with van der Waals surface area (Å²) in [5, 5.41) is 16.7. The predicted molar refractivity (Wildman–Crippen MR) is 98.0 cm³/mol. The van der Waals surface area contributed by atoms with Gasteiger partial charge in [-0.25, -0.2) is 14.5 Å². The molecular formula is C18H20N8. The van der Waals surface area contributed by atoms with Crippen LogP contribution in [0.25, 0.3) is 16.9 Å². The number of hydrogen-bond acceptors (Lipinski definition) is 7. The molecule has 3 aromatic heterocycles. The lowest BCUT2D eigenvalue weighted by Crippen LogP contribution is -2.28.